The molecule has 0 saturated heterocycles. The van der Waals surface area contributed by atoms with Gasteiger partial charge in [-0.05, 0) is 64.2 Å². The second kappa shape index (κ2) is 7.04. The molecule has 1 aromatic rings. The van der Waals surface area contributed by atoms with E-state index in [1.54, 1.807) is 0 Å². The van der Waals surface area contributed by atoms with Gasteiger partial charge in [-0.3, -0.25) is 0 Å². The van der Waals surface area contributed by atoms with Crippen LogP contribution in [0.25, 0.3) is 0 Å². The predicted octanol–water partition coefficient (Wildman–Crippen LogP) is 5.28. The molecule has 1 nitrogen and oxygen atoms in total. The van der Waals surface area contributed by atoms with Gasteiger partial charge in [-0.25, -0.2) is 4.39 Å². The summed E-state index contributed by atoms with van der Waals surface area (Å²) >= 11 is 3.24. The molecule has 1 saturated carbocycles. The zero-order valence-electron chi connectivity index (χ0n) is 12.5. The summed E-state index contributed by atoms with van der Waals surface area (Å²) in [6, 6.07) is 5.25. The SMILES string of the molecule is CC(C)CC1(CNCc2ccc(F)c(Br)c2)CCCC1. The maximum absolute atomic E-state index is 13.2. The molecule has 0 aliphatic heterocycles. The summed E-state index contributed by atoms with van der Waals surface area (Å²) < 4.78 is 13.8. The Hall–Kier alpha value is -0.410. The highest BCUT2D eigenvalue weighted by Crippen LogP contribution is 2.42. The lowest BCUT2D eigenvalue weighted by Crippen LogP contribution is -2.33. The van der Waals surface area contributed by atoms with Crippen LogP contribution in [0.2, 0.25) is 0 Å². The molecule has 0 amide bonds. The predicted molar refractivity (Wildman–Crippen MR) is 86.2 cm³/mol. The Labute approximate surface area is 130 Å². The van der Waals surface area contributed by atoms with Crippen LogP contribution in [0.1, 0.15) is 51.5 Å². The van der Waals surface area contributed by atoms with Crippen molar-refractivity contribution in [3.63, 3.8) is 0 Å². The van der Waals surface area contributed by atoms with Crippen molar-refractivity contribution in [3.8, 4) is 0 Å². The van der Waals surface area contributed by atoms with Crippen LogP contribution in [0.5, 0.6) is 0 Å². The quantitative estimate of drug-likeness (QED) is 0.741. The van der Waals surface area contributed by atoms with E-state index in [-0.39, 0.29) is 5.82 Å². The Bertz CT molecular complexity index is 439. The molecule has 0 radical (unpaired) electrons. The summed E-state index contributed by atoms with van der Waals surface area (Å²) in [5.41, 5.74) is 1.63. The molecule has 0 atom stereocenters. The van der Waals surface area contributed by atoms with Crippen molar-refractivity contribution in [2.75, 3.05) is 6.54 Å². The van der Waals surface area contributed by atoms with Gasteiger partial charge in [0.25, 0.3) is 0 Å². The van der Waals surface area contributed by atoms with Gasteiger partial charge in [-0.15, -0.1) is 0 Å². The number of benzene rings is 1. The van der Waals surface area contributed by atoms with Crippen LogP contribution in [-0.2, 0) is 6.54 Å². The first-order valence-electron chi connectivity index (χ1n) is 7.65. The minimum Gasteiger partial charge on any atom is -0.312 e. The van der Waals surface area contributed by atoms with Crippen LogP contribution in [-0.4, -0.2) is 6.54 Å². The van der Waals surface area contributed by atoms with E-state index in [9.17, 15) is 4.39 Å². The number of nitrogens with one attached hydrogen (secondary N) is 1. The van der Waals surface area contributed by atoms with Crippen LogP contribution < -0.4 is 5.32 Å². The van der Waals surface area contributed by atoms with Crippen molar-refractivity contribution >= 4 is 15.9 Å². The maximum atomic E-state index is 13.2. The summed E-state index contributed by atoms with van der Waals surface area (Å²) in [4.78, 5) is 0. The minimum atomic E-state index is -0.194. The summed E-state index contributed by atoms with van der Waals surface area (Å²) in [6.07, 6.45) is 6.76. The molecule has 1 aliphatic rings. The number of hydrogen-bond donors (Lipinski definition) is 1. The van der Waals surface area contributed by atoms with Crippen LogP contribution in [0.15, 0.2) is 22.7 Å². The average molecular weight is 342 g/mol. The summed E-state index contributed by atoms with van der Waals surface area (Å²) in [5.74, 6) is 0.565. The fourth-order valence-corrected chi connectivity index (χ4v) is 3.99. The monoisotopic (exact) mass is 341 g/mol. The smallest absolute Gasteiger partial charge is 0.137 e. The molecule has 1 aromatic carbocycles. The van der Waals surface area contributed by atoms with Crippen molar-refractivity contribution in [1.82, 2.24) is 5.32 Å². The molecule has 2 rings (SSSR count). The highest BCUT2D eigenvalue weighted by atomic mass is 79.9. The molecule has 0 spiro atoms. The van der Waals surface area contributed by atoms with E-state index in [1.165, 1.54) is 38.2 Å². The molecule has 1 aliphatic carbocycles. The van der Waals surface area contributed by atoms with Crippen molar-refractivity contribution in [2.45, 2.75) is 52.5 Å². The lowest BCUT2D eigenvalue weighted by Gasteiger charge is -2.31. The largest absolute Gasteiger partial charge is 0.312 e. The number of rotatable bonds is 6. The van der Waals surface area contributed by atoms with E-state index in [0.29, 0.717) is 9.89 Å². The molecular formula is C17H25BrFN. The fourth-order valence-electron chi connectivity index (χ4n) is 3.57. The molecule has 1 fully saturated rings. The van der Waals surface area contributed by atoms with Crippen molar-refractivity contribution in [2.24, 2.45) is 11.3 Å². The van der Waals surface area contributed by atoms with Gasteiger partial charge in [0.1, 0.15) is 5.82 Å². The van der Waals surface area contributed by atoms with Crippen molar-refractivity contribution in [1.29, 1.82) is 0 Å². The van der Waals surface area contributed by atoms with E-state index in [0.717, 1.165) is 24.6 Å². The van der Waals surface area contributed by atoms with E-state index in [4.69, 9.17) is 0 Å². The third-order valence-electron chi connectivity index (χ3n) is 4.32. The van der Waals surface area contributed by atoms with Crippen LogP contribution in [0.3, 0.4) is 0 Å². The van der Waals surface area contributed by atoms with E-state index in [1.807, 2.05) is 12.1 Å². The minimum absolute atomic E-state index is 0.194. The Morgan fingerprint density at radius 3 is 2.60 bits per heavy atom. The lowest BCUT2D eigenvalue weighted by molar-refractivity contribution is 0.223. The van der Waals surface area contributed by atoms with Gasteiger partial charge < -0.3 is 5.32 Å². The Morgan fingerprint density at radius 1 is 1.30 bits per heavy atom. The Balaban J connectivity index is 1.88. The second-order valence-corrected chi connectivity index (χ2v) is 7.51. The highest BCUT2D eigenvalue weighted by Gasteiger charge is 2.33. The van der Waals surface area contributed by atoms with Crippen LogP contribution in [0.4, 0.5) is 4.39 Å². The summed E-state index contributed by atoms with van der Waals surface area (Å²) in [5, 5.41) is 3.59. The first-order valence-corrected chi connectivity index (χ1v) is 8.45. The molecule has 3 heteroatoms. The first-order chi connectivity index (χ1) is 9.51. The Kier molecular flexibility index (Phi) is 5.62. The topological polar surface area (TPSA) is 12.0 Å². The average Bonchev–Trinajstić information content (AvgIpc) is 2.81. The molecule has 20 heavy (non-hydrogen) atoms. The number of halogens is 2. The fraction of sp³-hybridized carbons (Fsp3) is 0.647. The van der Waals surface area contributed by atoms with Gasteiger partial charge in [0.05, 0.1) is 4.47 Å². The molecule has 0 unspecified atom stereocenters. The maximum Gasteiger partial charge on any atom is 0.137 e. The zero-order chi connectivity index (χ0) is 14.6. The van der Waals surface area contributed by atoms with Gasteiger partial charge in [-0.2, -0.15) is 0 Å². The van der Waals surface area contributed by atoms with E-state index >= 15 is 0 Å². The molecule has 1 N–H and O–H groups in total. The van der Waals surface area contributed by atoms with E-state index < -0.39 is 0 Å². The van der Waals surface area contributed by atoms with Crippen molar-refractivity contribution in [3.05, 3.63) is 34.1 Å². The standard InChI is InChI=1S/C17H25BrFN/c1-13(2)10-17(7-3-4-8-17)12-20-11-14-5-6-16(19)15(18)9-14/h5-6,9,13,20H,3-4,7-8,10-12H2,1-2H3. The third-order valence-corrected chi connectivity index (χ3v) is 4.93. The number of hydrogen-bond acceptors (Lipinski definition) is 1. The van der Waals surface area contributed by atoms with Crippen LogP contribution >= 0.6 is 15.9 Å². The van der Waals surface area contributed by atoms with E-state index in [2.05, 4.69) is 35.1 Å². The Morgan fingerprint density at radius 2 is 2.00 bits per heavy atom. The molecule has 112 valence electrons. The van der Waals surface area contributed by atoms with Gasteiger partial charge >= 0.3 is 0 Å². The van der Waals surface area contributed by atoms with Gasteiger partial charge in [0.2, 0.25) is 0 Å². The van der Waals surface area contributed by atoms with Gasteiger partial charge in [-0.1, -0.05) is 32.8 Å². The van der Waals surface area contributed by atoms with Crippen LogP contribution in [0, 0.1) is 17.2 Å². The highest BCUT2D eigenvalue weighted by molar-refractivity contribution is 9.10. The second-order valence-electron chi connectivity index (χ2n) is 6.66. The molecule has 0 bridgehead atoms. The van der Waals surface area contributed by atoms with Gasteiger partial charge in [0.15, 0.2) is 0 Å². The van der Waals surface area contributed by atoms with Crippen molar-refractivity contribution < 1.29 is 4.39 Å². The normalized spacial score (nSPS) is 17.9. The summed E-state index contributed by atoms with van der Waals surface area (Å²) in [6.45, 7) is 6.53. The first kappa shape index (κ1) is 16.0. The zero-order valence-corrected chi connectivity index (χ0v) is 14.1. The summed E-state index contributed by atoms with van der Waals surface area (Å²) in [7, 11) is 0. The lowest BCUT2D eigenvalue weighted by atomic mass is 9.78. The van der Waals surface area contributed by atoms with Gasteiger partial charge in [0, 0.05) is 13.1 Å². The molecule has 0 aromatic heterocycles. The molecule has 0 heterocycles. The molecular weight excluding hydrogens is 317 g/mol. The third kappa shape index (κ3) is 4.29.